The Hall–Kier alpha value is -2.00. The third-order valence-electron chi connectivity index (χ3n) is 5.31. The smallest absolute Gasteiger partial charge is 0.305 e. The normalized spacial score (nSPS) is 21.2. The predicted molar refractivity (Wildman–Crippen MR) is 116 cm³/mol. The first-order valence-corrected chi connectivity index (χ1v) is 10.5. The summed E-state index contributed by atoms with van der Waals surface area (Å²) in [6.45, 7) is 1.10. The van der Waals surface area contributed by atoms with E-state index in [0.717, 1.165) is 20.8 Å². The molecule has 17 heteroatoms. The maximum Gasteiger partial charge on any atom is 0.305 e. The van der Waals surface area contributed by atoms with Crippen molar-refractivity contribution in [3.05, 3.63) is 0 Å². The molecule has 0 saturated carbocycles. The molecule has 0 aliphatic heterocycles. The standard InChI is InChI=1S/C12H20O9.C8H16O8/c1-5(14)8(17)9(18)12(21,7(3)16)10(19)11(20,4-13)6(2)15;1-3(10)16-8(15)7(14)6(13)5(12)4(11)2-9/h8-10,13,17-21H,4H2,1-3H3;4-9,11-15H,2H2,1H3/t8?,9-,10+,11-,12+;4-,5-,6+,7-,8?/m01/s1. The maximum atomic E-state index is 11.6. The largest absolute Gasteiger partial charge is 0.433 e. The zero-order valence-electron chi connectivity index (χ0n) is 20.4. The monoisotopic (exact) mass is 548 g/mol. The average molecular weight is 548 g/mol. The molecule has 2 unspecified atom stereocenters. The summed E-state index contributed by atoms with van der Waals surface area (Å²) in [6, 6.07) is 0. The summed E-state index contributed by atoms with van der Waals surface area (Å²) < 4.78 is 4.15. The molecular weight excluding hydrogens is 512 g/mol. The van der Waals surface area contributed by atoms with E-state index in [1.165, 1.54) is 0 Å². The number of aliphatic hydroxyl groups excluding tert-OH is 10. The van der Waals surface area contributed by atoms with Gasteiger partial charge in [-0.3, -0.25) is 19.2 Å². The van der Waals surface area contributed by atoms with Gasteiger partial charge in [-0.1, -0.05) is 0 Å². The van der Waals surface area contributed by atoms with Crippen LogP contribution >= 0.6 is 0 Å². The molecule has 17 nitrogen and oxygen atoms in total. The summed E-state index contributed by atoms with van der Waals surface area (Å²) in [5, 5.41) is 112. The van der Waals surface area contributed by atoms with Crippen LogP contribution < -0.4 is 0 Å². The van der Waals surface area contributed by atoms with Gasteiger partial charge in [0.05, 0.1) is 13.2 Å². The van der Waals surface area contributed by atoms with Gasteiger partial charge < -0.3 is 66.0 Å². The summed E-state index contributed by atoms with van der Waals surface area (Å²) in [6.07, 6.45) is -17.0. The van der Waals surface area contributed by atoms with Crippen LogP contribution in [0.25, 0.3) is 0 Å². The van der Waals surface area contributed by atoms with Gasteiger partial charge in [-0.15, -0.1) is 0 Å². The van der Waals surface area contributed by atoms with Gasteiger partial charge in [0.25, 0.3) is 0 Å². The lowest BCUT2D eigenvalue weighted by Gasteiger charge is -2.42. The van der Waals surface area contributed by atoms with E-state index >= 15 is 0 Å². The zero-order chi connectivity index (χ0) is 30.0. The number of hydrogen-bond donors (Lipinski definition) is 12. The van der Waals surface area contributed by atoms with Gasteiger partial charge >= 0.3 is 5.97 Å². The molecule has 37 heavy (non-hydrogen) atoms. The van der Waals surface area contributed by atoms with Crippen molar-refractivity contribution in [3.63, 3.8) is 0 Å². The van der Waals surface area contributed by atoms with Crippen molar-refractivity contribution in [1.82, 2.24) is 0 Å². The molecule has 0 spiro atoms. The molecule has 0 bridgehead atoms. The SMILES string of the molecule is CC(=O)C(O)[C@H](O)[C@](O)(C(C)=O)[C@H](O)[C@](O)(CO)C(C)=O.CC(=O)OC(O)[C@H](O)[C@@H](O)[C@H](O)[C@H](O)CO. The highest BCUT2D eigenvalue weighted by atomic mass is 16.6. The third-order valence-corrected chi connectivity index (χ3v) is 5.31. The second-order valence-electron chi connectivity index (χ2n) is 8.14. The maximum absolute atomic E-state index is 11.6. The summed E-state index contributed by atoms with van der Waals surface area (Å²) in [7, 11) is 0. The molecule has 0 fully saturated rings. The Bertz CT molecular complexity index is 774. The number of carbonyl (C=O) groups is 4. The van der Waals surface area contributed by atoms with Crippen LogP contribution in [0.2, 0.25) is 0 Å². The van der Waals surface area contributed by atoms with Crippen LogP contribution in [0.3, 0.4) is 0 Å². The number of carbonyl (C=O) groups excluding carboxylic acids is 4. The zero-order valence-corrected chi connectivity index (χ0v) is 20.4. The molecule has 0 aromatic rings. The van der Waals surface area contributed by atoms with Crippen molar-refractivity contribution in [2.24, 2.45) is 0 Å². The minimum absolute atomic E-state index is 0.706. The highest BCUT2D eigenvalue weighted by molar-refractivity contribution is 5.92. The van der Waals surface area contributed by atoms with Crippen LogP contribution in [0.5, 0.6) is 0 Å². The molecule has 0 heterocycles. The molecular formula is C20H36O17. The molecule has 0 aliphatic carbocycles. The number of aliphatic hydroxyl groups is 12. The molecule has 10 atom stereocenters. The van der Waals surface area contributed by atoms with Crippen molar-refractivity contribution >= 4 is 23.3 Å². The van der Waals surface area contributed by atoms with Crippen molar-refractivity contribution in [2.45, 2.75) is 87.9 Å². The molecule has 0 amide bonds. The molecule has 0 rings (SSSR count). The number of hydrogen-bond acceptors (Lipinski definition) is 17. The second-order valence-corrected chi connectivity index (χ2v) is 8.14. The van der Waals surface area contributed by atoms with Gasteiger partial charge in [-0.25, -0.2) is 0 Å². The Morgan fingerprint density at radius 1 is 0.730 bits per heavy atom. The van der Waals surface area contributed by atoms with E-state index in [4.69, 9.17) is 25.5 Å². The molecule has 0 aromatic carbocycles. The van der Waals surface area contributed by atoms with Crippen molar-refractivity contribution in [1.29, 1.82) is 0 Å². The van der Waals surface area contributed by atoms with Crippen molar-refractivity contribution in [2.75, 3.05) is 13.2 Å². The number of Topliss-reactive ketones (excluding diaryl/α,β-unsaturated/α-hetero) is 3. The Morgan fingerprint density at radius 3 is 1.49 bits per heavy atom. The Balaban J connectivity index is 0. The lowest BCUT2D eigenvalue weighted by Crippen LogP contribution is -2.70. The van der Waals surface area contributed by atoms with E-state index in [1.54, 1.807) is 0 Å². The van der Waals surface area contributed by atoms with Crippen molar-refractivity contribution < 1.29 is 85.2 Å². The minimum Gasteiger partial charge on any atom is -0.433 e. The predicted octanol–water partition coefficient (Wildman–Crippen LogP) is -7.41. The molecule has 0 saturated heterocycles. The Labute approximate surface area is 210 Å². The first-order chi connectivity index (χ1) is 16.7. The van der Waals surface area contributed by atoms with Gasteiger partial charge in [0.15, 0.2) is 28.6 Å². The topological polar surface area (TPSA) is 320 Å². The fraction of sp³-hybridized carbons (Fsp3) is 0.800. The number of ketones is 3. The fourth-order valence-electron chi connectivity index (χ4n) is 2.73. The van der Waals surface area contributed by atoms with E-state index in [1.807, 2.05) is 0 Å². The van der Waals surface area contributed by atoms with Gasteiger partial charge in [-0.2, -0.15) is 0 Å². The van der Waals surface area contributed by atoms with Crippen LogP contribution in [-0.2, 0) is 23.9 Å². The molecule has 0 aliphatic rings. The number of ether oxygens (including phenoxy) is 1. The minimum atomic E-state index is -3.24. The molecule has 12 N–H and O–H groups in total. The van der Waals surface area contributed by atoms with E-state index in [0.29, 0.717) is 6.92 Å². The summed E-state index contributed by atoms with van der Waals surface area (Å²) in [5.74, 6) is -4.43. The summed E-state index contributed by atoms with van der Waals surface area (Å²) >= 11 is 0. The van der Waals surface area contributed by atoms with Gasteiger partial charge in [-0.05, 0) is 20.8 Å². The lowest BCUT2D eigenvalue weighted by atomic mass is 9.74. The highest BCUT2D eigenvalue weighted by Gasteiger charge is 2.59. The van der Waals surface area contributed by atoms with E-state index in [2.05, 4.69) is 4.74 Å². The van der Waals surface area contributed by atoms with E-state index in [9.17, 15) is 54.9 Å². The van der Waals surface area contributed by atoms with Crippen LogP contribution in [0.1, 0.15) is 27.7 Å². The van der Waals surface area contributed by atoms with Gasteiger partial charge in [0.1, 0.15) is 42.7 Å². The van der Waals surface area contributed by atoms with Crippen molar-refractivity contribution in [3.8, 4) is 0 Å². The first kappa shape index (κ1) is 37.2. The Kier molecular flexibility index (Phi) is 15.5. The first-order valence-electron chi connectivity index (χ1n) is 10.5. The molecule has 0 radical (unpaired) electrons. The summed E-state index contributed by atoms with van der Waals surface area (Å²) in [4.78, 5) is 44.3. The number of esters is 1. The van der Waals surface area contributed by atoms with Gasteiger partial charge in [0, 0.05) is 6.92 Å². The van der Waals surface area contributed by atoms with E-state index < -0.39 is 96.8 Å². The Morgan fingerprint density at radius 2 is 1.19 bits per heavy atom. The highest BCUT2D eigenvalue weighted by Crippen LogP contribution is 2.29. The average Bonchev–Trinajstić information content (AvgIpc) is 2.83. The third kappa shape index (κ3) is 9.36. The lowest BCUT2D eigenvalue weighted by molar-refractivity contribution is -0.223. The molecule has 0 aromatic heterocycles. The van der Waals surface area contributed by atoms with Crippen LogP contribution in [0.15, 0.2) is 0 Å². The number of rotatable bonds is 14. The van der Waals surface area contributed by atoms with Crippen LogP contribution in [0, 0.1) is 0 Å². The quantitative estimate of drug-likeness (QED) is 0.0708. The fourth-order valence-corrected chi connectivity index (χ4v) is 2.73. The summed E-state index contributed by atoms with van der Waals surface area (Å²) in [5.41, 5.74) is -6.20. The van der Waals surface area contributed by atoms with Crippen LogP contribution in [-0.4, -0.2) is 158 Å². The van der Waals surface area contributed by atoms with E-state index in [-0.39, 0.29) is 0 Å². The second kappa shape index (κ2) is 15.4. The van der Waals surface area contributed by atoms with Crippen LogP contribution in [0.4, 0.5) is 0 Å². The van der Waals surface area contributed by atoms with Gasteiger partial charge in [0.2, 0.25) is 6.29 Å². The molecule has 218 valence electrons.